The molecule has 2 N–H and O–H groups in total. The highest BCUT2D eigenvalue weighted by Crippen LogP contribution is 2.44. The second-order valence-corrected chi connectivity index (χ2v) is 3.87. The summed E-state index contributed by atoms with van der Waals surface area (Å²) < 4.78 is 0. The van der Waals surface area contributed by atoms with Crippen molar-refractivity contribution in [3.63, 3.8) is 0 Å². The van der Waals surface area contributed by atoms with E-state index in [2.05, 4.69) is 18.2 Å². The number of nitrogens with two attached hydrogens (primary N) is 1. The average Bonchev–Trinajstić information content (AvgIpc) is 2.17. The lowest BCUT2D eigenvalue weighted by molar-refractivity contribution is -0.126. The van der Waals surface area contributed by atoms with Crippen molar-refractivity contribution >= 4 is 5.91 Å². The molecule has 3 nitrogen and oxygen atoms in total. The Balaban J connectivity index is 2.32. The Morgan fingerprint density at radius 3 is 2.38 bits per heavy atom. The lowest BCUT2D eigenvalue weighted by atomic mass is 9.62. The Morgan fingerprint density at radius 1 is 1.38 bits per heavy atom. The SMILES string of the molecule is N#C[C@@H]1[C@@H](C(N)=O)[C@@H]2C=C[C@H]1CC2. The number of carbonyl (C=O) groups is 1. The van der Waals surface area contributed by atoms with E-state index in [1.807, 2.05) is 0 Å². The second-order valence-electron chi connectivity index (χ2n) is 3.87. The number of nitrogens with zero attached hydrogens (tertiary/aromatic N) is 1. The van der Waals surface area contributed by atoms with Gasteiger partial charge < -0.3 is 5.73 Å². The van der Waals surface area contributed by atoms with E-state index in [-0.39, 0.29) is 29.6 Å². The summed E-state index contributed by atoms with van der Waals surface area (Å²) in [6.07, 6.45) is 6.16. The van der Waals surface area contributed by atoms with Gasteiger partial charge in [-0.2, -0.15) is 5.26 Å². The van der Waals surface area contributed by atoms with Crippen LogP contribution in [0.1, 0.15) is 12.8 Å². The maximum atomic E-state index is 11.2. The first kappa shape index (κ1) is 8.31. The first-order valence-electron chi connectivity index (χ1n) is 4.61. The van der Waals surface area contributed by atoms with Crippen LogP contribution in [0.3, 0.4) is 0 Å². The first-order valence-corrected chi connectivity index (χ1v) is 4.61. The van der Waals surface area contributed by atoms with Gasteiger partial charge in [0.05, 0.1) is 17.9 Å². The van der Waals surface area contributed by atoms with Crippen molar-refractivity contribution in [3.05, 3.63) is 12.2 Å². The molecule has 1 saturated carbocycles. The van der Waals surface area contributed by atoms with E-state index in [9.17, 15) is 4.79 Å². The molecule has 3 aliphatic rings. The molecule has 0 heterocycles. The molecule has 0 aromatic rings. The highest BCUT2D eigenvalue weighted by atomic mass is 16.1. The summed E-state index contributed by atoms with van der Waals surface area (Å²) in [5, 5.41) is 8.94. The van der Waals surface area contributed by atoms with E-state index in [0.29, 0.717) is 0 Å². The molecule has 4 atom stereocenters. The van der Waals surface area contributed by atoms with Crippen LogP contribution in [0, 0.1) is 35.0 Å². The molecule has 3 aliphatic carbocycles. The van der Waals surface area contributed by atoms with E-state index in [4.69, 9.17) is 11.0 Å². The highest BCUT2D eigenvalue weighted by Gasteiger charge is 2.43. The topological polar surface area (TPSA) is 66.9 Å². The van der Waals surface area contributed by atoms with Crippen LogP contribution in [-0.2, 0) is 4.79 Å². The molecule has 1 fully saturated rings. The van der Waals surface area contributed by atoms with Crippen molar-refractivity contribution in [2.45, 2.75) is 12.8 Å². The van der Waals surface area contributed by atoms with Crippen LogP contribution in [0.5, 0.6) is 0 Å². The van der Waals surface area contributed by atoms with Gasteiger partial charge in [-0.05, 0) is 24.7 Å². The predicted octanol–water partition coefficient (Wildman–Crippen LogP) is 0.824. The first-order chi connectivity index (χ1) is 6.24. The van der Waals surface area contributed by atoms with E-state index >= 15 is 0 Å². The van der Waals surface area contributed by atoms with Gasteiger partial charge in [-0.3, -0.25) is 4.79 Å². The van der Waals surface area contributed by atoms with Crippen LogP contribution in [0.15, 0.2) is 12.2 Å². The Morgan fingerprint density at radius 2 is 2.00 bits per heavy atom. The molecule has 13 heavy (non-hydrogen) atoms. The van der Waals surface area contributed by atoms with Crippen LogP contribution in [-0.4, -0.2) is 5.91 Å². The molecule has 3 heteroatoms. The van der Waals surface area contributed by atoms with Gasteiger partial charge >= 0.3 is 0 Å². The van der Waals surface area contributed by atoms with Crippen molar-refractivity contribution in [3.8, 4) is 6.07 Å². The molecule has 1 amide bonds. The van der Waals surface area contributed by atoms with E-state index in [1.165, 1.54) is 0 Å². The number of fused-ring (bicyclic) bond motifs is 2. The zero-order chi connectivity index (χ0) is 9.42. The van der Waals surface area contributed by atoms with Gasteiger partial charge in [0, 0.05) is 0 Å². The van der Waals surface area contributed by atoms with Crippen molar-refractivity contribution in [1.82, 2.24) is 0 Å². The van der Waals surface area contributed by atoms with Crippen LogP contribution in [0.25, 0.3) is 0 Å². The smallest absolute Gasteiger partial charge is 0.222 e. The van der Waals surface area contributed by atoms with E-state index in [1.54, 1.807) is 0 Å². The van der Waals surface area contributed by atoms with Crippen LogP contribution < -0.4 is 5.73 Å². The number of rotatable bonds is 1. The van der Waals surface area contributed by atoms with Crippen molar-refractivity contribution in [2.24, 2.45) is 29.4 Å². The Labute approximate surface area is 77.2 Å². The fourth-order valence-corrected chi connectivity index (χ4v) is 2.56. The third-order valence-electron chi connectivity index (χ3n) is 3.23. The van der Waals surface area contributed by atoms with Crippen molar-refractivity contribution < 1.29 is 4.79 Å². The number of carbonyl (C=O) groups excluding carboxylic acids is 1. The molecule has 0 spiro atoms. The molecule has 0 unspecified atom stereocenters. The van der Waals surface area contributed by atoms with Gasteiger partial charge in [-0.15, -0.1) is 0 Å². The minimum atomic E-state index is -0.314. The lowest BCUT2D eigenvalue weighted by Crippen LogP contribution is -2.43. The monoisotopic (exact) mass is 176 g/mol. The third kappa shape index (κ3) is 1.14. The molecule has 0 saturated heterocycles. The minimum Gasteiger partial charge on any atom is -0.369 e. The summed E-state index contributed by atoms with van der Waals surface area (Å²) in [5.74, 6) is -0.264. The quantitative estimate of drug-likeness (QED) is 0.601. The molecule has 0 radical (unpaired) electrons. The highest BCUT2D eigenvalue weighted by molar-refractivity contribution is 5.78. The predicted molar refractivity (Wildman–Crippen MR) is 47.1 cm³/mol. The Hall–Kier alpha value is -1.30. The van der Waals surface area contributed by atoms with Gasteiger partial charge in [-0.25, -0.2) is 0 Å². The van der Waals surface area contributed by atoms with E-state index < -0.39 is 0 Å². The Bertz CT molecular complexity index is 303. The standard InChI is InChI=1S/C10H12N2O/c11-5-8-6-1-3-7(4-2-6)9(8)10(12)13/h1,3,6-9H,2,4H2,(H2,12,13)/t6-,7+,8-,9-/m0/s1. The number of primary amides is 1. The maximum absolute atomic E-state index is 11.2. The summed E-state index contributed by atoms with van der Waals surface area (Å²) in [5.41, 5.74) is 5.30. The summed E-state index contributed by atoms with van der Waals surface area (Å²) in [6.45, 7) is 0. The third-order valence-corrected chi connectivity index (χ3v) is 3.23. The van der Waals surface area contributed by atoms with Gasteiger partial charge in [0.2, 0.25) is 5.91 Å². The molecule has 3 rings (SSSR count). The van der Waals surface area contributed by atoms with Gasteiger partial charge in [0.15, 0.2) is 0 Å². The molecule has 2 bridgehead atoms. The lowest BCUT2D eigenvalue weighted by Gasteiger charge is -2.39. The van der Waals surface area contributed by atoms with Crippen molar-refractivity contribution in [2.75, 3.05) is 0 Å². The van der Waals surface area contributed by atoms with Gasteiger partial charge in [-0.1, -0.05) is 12.2 Å². The summed E-state index contributed by atoms with van der Waals surface area (Å²) in [6, 6.07) is 2.21. The molecule has 0 aromatic carbocycles. The summed E-state index contributed by atoms with van der Waals surface area (Å²) >= 11 is 0. The maximum Gasteiger partial charge on any atom is 0.222 e. The summed E-state index contributed by atoms with van der Waals surface area (Å²) in [7, 11) is 0. The zero-order valence-corrected chi connectivity index (χ0v) is 7.31. The average molecular weight is 176 g/mol. The van der Waals surface area contributed by atoms with Crippen LogP contribution in [0.4, 0.5) is 0 Å². The number of nitriles is 1. The number of hydrogen-bond acceptors (Lipinski definition) is 2. The minimum absolute atomic E-state index is 0.179. The molecule has 0 aromatic heterocycles. The fourth-order valence-electron chi connectivity index (χ4n) is 2.56. The number of hydrogen-bond donors (Lipinski definition) is 1. The van der Waals surface area contributed by atoms with Crippen molar-refractivity contribution in [1.29, 1.82) is 5.26 Å². The van der Waals surface area contributed by atoms with Gasteiger partial charge in [0.25, 0.3) is 0 Å². The molecule has 0 aliphatic heterocycles. The van der Waals surface area contributed by atoms with Crippen LogP contribution in [0.2, 0.25) is 0 Å². The zero-order valence-electron chi connectivity index (χ0n) is 7.31. The van der Waals surface area contributed by atoms with Crippen LogP contribution >= 0.6 is 0 Å². The van der Waals surface area contributed by atoms with E-state index in [0.717, 1.165) is 12.8 Å². The molecule has 68 valence electrons. The van der Waals surface area contributed by atoms with Gasteiger partial charge in [0.1, 0.15) is 0 Å². The largest absolute Gasteiger partial charge is 0.369 e. The normalized spacial score (nSPS) is 41.5. The second kappa shape index (κ2) is 2.88. The number of amides is 1. The number of allylic oxidation sites excluding steroid dienone is 2. The molecular formula is C10H12N2O. The Kier molecular flexibility index (Phi) is 1.84. The fraction of sp³-hybridized carbons (Fsp3) is 0.600. The summed E-state index contributed by atoms with van der Waals surface area (Å²) in [4.78, 5) is 11.2. The molecular weight excluding hydrogens is 164 g/mol.